The second kappa shape index (κ2) is 4.87. The highest BCUT2D eigenvalue weighted by molar-refractivity contribution is 7.08. The summed E-state index contributed by atoms with van der Waals surface area (Å²) >= 11 is 13.3. The summed E-state index contributed by atoms with van der Waals surface area (Å²) in [5.41, 5.74) is 1.13. The van der Waals surface area contributed by atoms with Gasteiger partial charge in [-0.2, -0.15) is 11.3 Å². The Kier molecular flexibility index (Phi) is 3.49. The van der Waals surface area contributed by atoms with Crippen LogP contribution in [0.1, 0.15) is 10.4 Å². The lowest BCUT2D eigenvalue weighted by molar-refractivity contribution is 0.102. The number of nitrogens with one attached hydrogen (secondary N) is 1. The van der Waals surface area contributed by atoms with Gasteiger partial charge < -0.3 is 5.32 Å². The lowest BCUT2D eigenvalue weighted by Crippen LogP contribution is -2.11. The molecule has 0 aliphatic rings. The van der Waals surface area contributed by atoms with E-state index in [9.17, 15) is 4.79 Å². The fraction of sp³-hybridized carbons (Fsp3) is 0. The topological polar surface area (TPSA) is 29.1 Å². The average molecular weight is 272 g/mol. The molecule has 0 saturated heterocycles. The van der Waals surface area contributed by atoms with Gasteiger partial charge in [-0.1, -0.05) is 29.3 Å². The Labute approximate surface area is 107 Å². The first-order valence-electron chi connectivity index (χ1n) is 4.46. The van der Waals surface area contributed by atoms with Crippen LogP contribution in [0.15, 0.2) is 35.0 Å². The largest absolute Gasteiger partial charge is 0.321 e. The molecule has 16 heavy (non-hydrogen) atoms. The quantitative estimate of drug-likeness (QED) is 0.867. The molecule has 2 rings (SSSR count). The Hall–Kier alpha value is -1.03. The average Bonchev–Trinajstić information content (AvgIpc) is 2.74. The summed E-state index contributed by atoms with van der Waals surface area (Å²) in [5.74, 6) is -0.258. The van der Waals surface area contributed by atoms with Crippen molar-refractivity contribution in [3.8, 4) is 0 Å². The summed E-state index contributed by atoms with van der Waals surface area (Å²) in [4.78, 5) is 11.8. The molecule has 0 aliphatic heterocycles. The number of halogens is 2. The van der Waals surface area contributed by atoms with Crippen LogP contribution in [0, 0.1) is 0 Å². The number of carbonyl (C=O) groups is 1. The van der Waals surface area contributed by atoms with E-state index in [4.69, 9.17) is 23.2 Å². The van der Waals surface area contributed by atoms with E-state index in [1.807, 2.05) is 16.8 Å². The van der Waals surface area contributed by atoms with E-state index in [2.05, 4.69) is 5.32 Å². The maximum Gasteiger partial charge on any atom is 0.257 e. The molecule has 1 aromatic carbocycles. The zero-order valence-corrected chi connectivity index (χ0v) is 10.4. The summed E-state index contributed by atoms with van der Waals surface area (Å²) in [6.45, 7) is 0. The monoisotopic (exact) mass is 271 g/mol. The number of thiophene rings is 1. The summed E-state index contributed by atoms with van der Waals surface area (Å²) in [7, 11) is 0. The van der Waals surface area contributed by atoms with Crippen molar-refractivity contribution in [2.75, 3.05) is 5.32 Å². The third-order valence-corrected chi connectivity index (χ3v) is 3.48. The first-order valence-corrected chi connectivity index (χ1v) is 6.16. The Balaban J connectivity index is 2.24. The first kappa shape index (κ1) is 11.5. The van der Waals surface area contributed by atoms with E-state index in [-0.39, 0.29) is 10.9 Å². The molecule has 2 nitrogen and oxygen atoms in total. The molecule has 82 valence electrons. The number of carbonyl (C=O) groups excluding carboxylic acids is 1. The van der Waals surface area contributed by atoms with Crippen molar-refractivity contribution in [3.63, 3.8) is 0 Å². The summed E-state index contributed by atoms with van der Waals surface area (Å²) < 4.78 is 0. The lowest BCUT2D eigenvalue weighted by atomic mass is 10.2. The Morgan fingerprint density at radius 2 is 2.06 bits per heavy atom. The van der Waals surface area contributed by atoms with Gasteiger partial charge in [-0.25, -0.2) is 0 Å². The van der Waals surface area contributed by atoms with Gasteiger partial charge in [-0.3, -0.25) is 4.79 Å². The summed E-state index contributed by atoms with van der Waals surface area (Å²) in [5, 5.41) is 7.11. The third-order valence-electron chi connectivity index (χ3n) is 1.98. The molecule has 0 aliphatic carbocycles. The van der Waals surface area contributed by atoms with Gasteiger partial charge in [-0.05, 0) is 23.6 Å². The zero-order chi connectivity index (χ0) is 11.5. The van der Waals surface area contributed by atoms with Crippen LogP contribution in [0.5, 0.6) is 0 Å². The predicted molar refractivity (Wildman–Crippen MR) is 68.7 cm³/mol. The normalized spacial score (nSPS) is 10.1. The maximum atomic E-state index is 11.8. The van der Waals surface area contributed by atoms with E-state index in [1.165, 1.54) is 11.3 Å². The molecule has 1 heterocycles. The summed E-state index contributed by atoms with van der Waals surface area (Å²) in [6.07, 6.45) is 0. The smallest absolute Gasteiger partial charge is 0.257 e. The Morgan fingerprint density at radius 3 is 2.75 bits per heavy atom. The minimum Gasteiger partial charge on any atom is -0.321 e. The second-order valence-electron chi connectivity index (χ2n) is 3.07. The van der Waals surface area contributed by atoms with E-state index in [0.29, 0.717) is 10.6 Å². The van der Waals surface area contributed by atoms with Crippen molar-refractivity contribution < 1.29 is 4.79 Å². The molecular formula is C11H7Cl2NOS. The molecule has 0 radical (unpaired) electrons. The number of rotatable bonds is 2. The molecular weight excluding hydrogens is 265 g/mol. The van der Waals surface area contributed by atoms with Gasteiger partial charge in [0.1, 0.15) is 0 Å². The fourth-order valence-corrected chi connectivity index (χ4v) is 2.19. The number of hydrogen-bond acceptors (Lipinski definition) is 2. The molecule has 1 amide bonds. The van der Waals surface area contributed by atoms with Gasteiger partial charge in [0, 0.05) is 5.38 Å². The van der Waals surface area contributed by atoms with Crippen LogP contribution in [0.2, 0.25) is 10.0 Å². The standard InChI is InChI=1S/C11H7Cl2NOS/c12-9-3-1-2-8(10(9)13)11(15)14-7-4-5-16-6-7/h1-6H,(H,14,15). The predicted octanol–water partition coefficient (Wildman–Crippen LogP) is 4.31. The number of amides is 1. The van der Waals surface area contributed by atoms with Crippen LogP contribution in [-0.4, -0.2) is 5.91 Å². The van der Waals surface area contributed by atoms with E-state index < -0.39 is 0 Å². The highest BCUT2D eigenvalue weighted by atomic mass is 35.5. The molecule has 5 heteroatoms. The van der Waals surface area contributed by atoms with Crippen LogP contribution >= 0.6 is 34.5 Å². The Bertz CT molecular complexity index is 511. The van der Waals surface area contributed by atoms with Gasteiger partial charge in [-0.15, -0.1) is 0 Å². The van der Waals surface area contributed by atoms with Crippen molar-refractivity contribution in [1.82, 2.24) is 0 Å². The van der Waals surface area contributed by atoms with Crippen molar-refractivity contribution >= 4 is 46.1 Å². The van der Waals surface area contributed by atoms with Crippen molar-refractivity contribution in [2.24, 2.45) is 0 Å². The van der Waals surface area contributed by atoms with Crippen LogP contribution < -0.4 is 5.32 Å². The molecule has 0 atom stereocenters. The van der Waals surface area contributed by atoms with Gasteiger partial charge in [0.05, 0.1) is 21.3 Å². The zero-order valence-electron chi connectivity index (χ0n) is 8.04. The van der Waals surface area contributed by atoms with Gasteiger partial charge in [0.2, 0.25) is 0 Å². The minimum atomic E-state index is -0.258. The van der Waals surface area contributed by atoms with E-state index in [1.54, 1.807) is 18.2 Å². The van der Waals surface area contributed by atoms with Crippen LogP contribution in [0.25, 0.3) is 0 Å². The van der Waals surface area contributed by atoms with Crippen LogP contribution in [0.3, 0.4) is 0 Å². The van der Waals surface area contributed by atoms with Gasteiger partial charge in [0.25, 0.3) is 5.91 Å². The SMILES string of the molecule is O=C(Nc1ccsc1)c1cccc(Cl)c1Cl. The van der Waals surface area contributed by atoms with Crippen molar-refractivity contribution in [3.05, 3.63) is 50.6 Å². The van der Waals surface area contributed by atoms with Crippen LogP contribution in [-0.2, 0) is 0 Å². The van der Waals surface area contributed by atoms with E-state index >= 15 is 0 Å². The molecule has 0 saturated carbocycles. The molecule has 2 aromatic rings. The molecule has 0 fully saturated rings. The van der Waals surface area contributed by atoms with Gasteiger partial charge in [0.15, 0.2) is 0 Å². The molecule has 1 aromatic heterocycles. The van der Waals surface area contributed by atoms with Crippen molar-refractivity contribution in [2.45, 2.75) is 0 Å². The van der Waals surface area contributed by atoms with Gasteiger partial charge >= 0.3 is 0 Å². The lowest BCUT2D eigenvalue weighted by Gasteiger charge is -2.05. The third kappa shape index (κ3) is 2.38. The highest BCUT2D eigenvalue weighted by Gasteiger charge is 2.12. The summed E-state index contributed by atoms with van der Waals surface area (Å²) in [6, 6.07) is 6.79. The molecule has 0 bridgehead atoms. The molecule has 0 spiro atoms. The van der Waals surface area contributed by atoms with E-state index in [0.717, 1.165) is 5.69 Å². The maximum absolute atomic E-state index is 11.8. The number of hydrogen-bond donors (Lipinski definition) is 1. The highest BCUT2D eigenvalue weighted by Crippen LogP contribution is 2.26. The fourth-order valence-electron chi connectivity index (χ4n) is 1.21. The first-order chi connectivity index (χ1) is 7.68. The molecule has 1 N–H and O–H groups in total. The van der Waals surface area contributed by atoms with Crippen molar-refractivity contribution in [1.29, 1.82) is 0 Å². The Morgan fingerprint density at radius 1 is 1.25 bits per heavy atom. The minimum absolute atomic E-state index is 0.258. The molecule has 0 unspecified atom stereocenters. The van der Waals surface area contributed by atoms with Crippen LogP contribution in [0.4, 0.5) is 5.69 Å². The number of benzene rings is 1. The number of anilines is 1. The second-order valence-corrected chi connectivity index (χ2v) is 4.63.